The average Bonchev–Trinajstić information content (AvgIpc) is 3.27. The summed E-state index contributed by atoms with van der Waals surface area (Å²) < 4.78 is 11.2. The lowest BCUT2D eigenvalue weighted by Crippen LogP contribution is -2.38. The van der Waals surface area contributed by atoms with Crippen molar-refractivity contribution in [2.75, 3.05) is 13.2 Å². The topological polar surface area (TPSA) is 73.3 Å². The molecule has 0 spiro atoms. The number of thiophene rings is 1. The summed E-state index contributed by atoms with van der Waals surface area (Å²) in [5.41, 5.74) is 2.04. The molecule has 2 aromatic heterocycles. The number of ether oxygens (including phenoxy) is 2. The van der Waals surface area contributed by atoms with E-state index in [9.17, 15) is 4.79 Å². The van der Waals surface area contributed by atoms with Gasteiger partial charge < -0.3 is 14.8 Å². The number of carbonyl (C=O) groups is 1. The highest BCUT2D eigenvalue weighted by atomic mass is 32.1. The summed E-state index contributed by atoms with van der Waals surface area (Å²) in [6, 6.07) is 15.4. The van der Waals surface area contributed by atoms with Crippen molar-refractivity contribution in [2.24, 2.45) is 0 Å². The number of aromatic nitrogens is 2. The number of rotatable bonds is 9. The van der Waals surface area contributed by atoms with Crippen LogP contribution in [0, 0.1) is 0 Å². The van der Waals surface area contributed by atoms with Crippen LogP contribution in [0.15, 0.2) is 53.9 Å². The molecule has 1 amide bonds. The second-order valence-electron chi connectivity index (χ2n) is 6.13. The van der Waals surface area contributed by atoms with Crippen molar-refractivity contribution in [1.29, 1.82) is 0 Å². The maximum atomic E-state index is 12.1. The third-order valence-corrected chi connectivity index (χ3v) is 4.97. The Balaban J connectivity index is 1.38. The number of nitrogens with one attached hydrogen (secondary N) is 1. The molecule has 146 valence electrons. The molecule has 3 aromatic rings. The smallest absolute Gasteiger partial charge is 0.260 e. The Kier molecular flexibility index (Phi) is 6.97. The van der Waals surface area contributed by atoms with E-state index < -0.39 is 6.10 Å². The van der Waals surface area contributed by atoms with E-state index in [1.54, 1.807) is 24.3 Å². The lowest BCUT2D eigenvalue weighted by Gasteiger charge is -2.15. The molecular weight excluding hydrogens is 374 g/mol. The average molecular weight is 398 g/mol. The number of nitrogens with zero attached hydrogens (tertiary/aromatic N) is 2. The van der Waals surface area contributed by atoms with Crippen LogP contribution < -0.4 is 14.8 Å². The summed E-state index contributed by atoms with van der Waals surface area (Å²) in [4.78, 5) is 13.2. The van der Waals surface area contributed by atoms with Gasteiger partial charge in [0.05, 0.1) is 11.4 Å². The number of hydrogen-bond donors (Lipinski definition) is 1. The van der Waals surface area contributed by atoms with Crippen molar-refractivity contribution in [3.05, 3.63) is 59.5 Å². The van der Waals surface area contributed by atoms with Gasteiger partial charge in [0.2, 0.25) is 5.88 Å². The molecule has 0 saturated carbocycles. The fourth-order valence-electron chi connectivity index (χ4n) is 2.49. The van der Waals surface area contributed by atoms with Gasteiger partial charge in [-0.3, -0.25) is 4.79 Å². The van der Waals surface area contributed by atoms with Crippen LogP contribution in [0.2, 0.25) is 0 Å². The highest BCUT2D eigenvalue weighted by Crippen LogP contribution is 2.22. The number of hydrogen-bond acceptors (Lipinski definition) is 6. The molecule has 1 N–H and O–H groups in total. The summed E-state index contributed by atoms with van der Waals surface area (Å²) in [6.07, 6.45) is 0.384. The normalized spacial score (nSPS) is 11.6. The van der Waals surface area contributed by atoms with Gasteiger partial charge in [-0.1, -0.05) is 25.1 Å². The van der Waals surface area contributed by atoms with Crippen LogP contribution in [0.4, 0.5) is 0 Å². The van der Waals surface area contributed by atoms with E-state index in [0.29, 0.717) is 24.8 Å². The minimum absolute atomic E-state index is 0.192. The van der Waals surface area contributed by atoms with Crippen molar-refractivity contribution < 1.29 is 14.3 Å². The van der Waals surface area contributed by atoms with Crippen LogP contribution in [-0.4, -0.2) is 35.4 Å². The number of amides is 1. The van der Waals surface area contributed by atoms with Crippen LogP contribution in [-0.2, 0) is 11.2 Å². The Morgan fingerprint density at radius 2 is 1.96 bits per heavy atom. The molecule has 0 bridgehead atoms. The first-order valence-electron chi connectivity index (χ1n) is 9.19. The van der Waals surface area contributed by atoms with Gasteiger partial charge in [0.15, 0.2) is 6.10 Å². The predicted octanol–water partition coefficient (Wildman–Crippen LogP) is 3.73. The lowest BCUT2D eigenvalue weighted by atomic mass is 10.2. The first-order valence-corrected chi connectivity index (χ1v) is 10.1. The molecule has 7 heteroatoms. The molecule has 0 aliphatic carbocycles. The van der Waals surface area contributed by atoms with Gasteiger partial charge in [-0.2, -0.15) is 0 Å². The Morgan fingerprint density at radius 3 is 2.61 bits per heavy atom. The van der Waals surface area contributed by atoms with Gasteiger partial charge in [0, 0.05) is 6.07 Å². The third-order valence-electron chi connectivity index (χ3n) is 4.08. The van der Waals surface area contributed by atoms with Gasteiger partial charge >= 0.3 is 0 Å². The fourth-order valence-corrected chi connectivity index (χ4v) is 3.18. The summed E-state index contributed by atoms with van der Waals surface area (Å²) in [6.45, 7) is 4.47. The molecule has 28 heavy (non-hydrogen) atoms. The van der Waals surface area contributed by atoms with E-state index in [2.05, 4.69) is 22.4 Å². The number of benzene rings is 1. The Morgan fingerprint density at radius 1 is 1.14 bits per heavy atom. The van der Waals surface area contributed by atoms with E-state index >= 15 is 0 Å². The van der Waals surface area contributed by atoms with E-state index in [-0.39, 0.29) is 5.91 Å². The molecule has 6 nitrogen and oxygen atoms in total. The van der Waals surface area contributed by atoms with Gasteiger partial charge in [-0.25, -0.2) is 0 Å². The van der Waals surface area contributed by atoms with Crippen molar-refractivity contribution in [3.63, 3.8) is 0 Å². The maximum Gasteiger partial charge on any atom is 0.260 e. The quantitative estimate of drug-likeness (QED) is 0.557. The first kappa shape index (κ1) is 19.8. The molecule has 0 saturated heterocycles. The first-order chi connectivity index (χ1) is 13.7. The minimum Gasteiger partial charge on any atom is -0.481 e. The van der Waals surface area contributed by atoms with Gasteiger partial charge in [-0.05, 0) is 48.6 Å². The van der Waals surface area contributed by atoms with E-state index in [1.165, 1.54) is 5.56 Å². The van der Waals surface area contributed by atoms with Crippen molar-refractivity contribution in [1.82, 2.24) is 15.5 Å². The summed E-state index contributed by atoms with van der Waals surface area (Å²) in [5.74, 6) is 0.911. The van der Waals surface area contributed by atoms with Crippen LogP contribution in [0.5, 0.6) is 11.6 Å². The molecule has 1 unspecified atom stereocenters. The van der Waals surface area contributed by atoms with Gasteiger partial charge in [0.1, 0.15) is 18.1 Å². The molecule has 1 aromatic carbocycles. The van der Waals surface area contributed by atoms with Crippen LogP contribution >= 0.6 is 11.3 Å². The monoisotopic (exact) mass is 397 g/mol. The zero-order valence-electron chi connectivity index (χ0n) is 15.9. The molecular formula is C21H23N3O3S. The SMILES string of the molecule is CCc1ccc(OC(C)C(=O)NCCOc2ccc(-c3cccs3)nn2)cc1. The third kappa shape index (κ3) is 5.53. The molecule has 0 aliphatic heterocycles. The maximum absolute atomic E-state index is 12.1. The summed E-state index contributed by atoms with van der Waals surface area (Å²) >= 11 is 1.61. The van der Waals surface area contributed by atoms with Gasteiger partial charge in [0.25, 0.3) is 5.91 Å². The summed E-state index contributed by atoms with van der Waals surface area (Å²) in [7, 11) is 0. The Bertz CT molecular complexity index is 865. The zero-order valence-corrected chi connectivity index (χ0v) is 16.7. The van der Waals surface area contributed by atoms with Crippen molar-refractivity contribution >= 4 is 17.2 Å². The van der Waals surface area contributed by atoms with Crippen LogP contribution in [0.1, 0.15) is 19.4 Å². The van der Waals surface area contributed by atoms with E-state index in [4.69, 9.17) is 9.47 Å². The summed E-state index contributed by atoms with van der Waals surface area (Å²) in [5, 5.41) is 13.0. The Labute approximate surface area is 168 Å². The highest BCUT2D eigenvalue weighted by molar-refractivity contribution is 7.13. The standard InChI is InChI=1S/C21H23N3O3S/c1-3-16-6-8-17(9-7-16)27-15(2)21(25)22-12-13-26-20-11-10-18(23-24-20)19-5-4-14-28-19/h4-11,14-15H,3,12-13H2,1-2H3,(H,22,25). The molecule has 3 rings (SSSR count). The fraction of sp³-hybridized carbons (Fsp3) is 0.286. The molecule has 1 atom stereocenters. The lowest BCUT2D eigenvalue weighted by molar-refractivity contribution is -0.127. The molecule has 0 fully saturated rings. The van der Waals surface area contributed by atoms with E-state index in [1.807, 2.05) is 47.8 Å². The van der Waals surface area contributed by atoms with Crippen LogP contribution in [0.25, 0.3) is 10.6 Å². The zero-order chi connectivity index (χ0) is 19.8. The second kappa shape index (κ2) is 9.85. The van der Waals surface area contributed by atoms with Gasteiger partial charge in [-0.15, -0.1) is 21.5 Å². The number of carbonyl (C=O) groups excluding carboxylic acids is 1. The van der Waals surface area contributed by atoms with E-state index in [0.717, 1.165) is 17.0 Å². The molecule has 0 aliphatic rings. The minimum atomic E-state index is -0.586. The van der Waals surface area contributed by atoms with Crippen molar-refractivity contribution in [2.45, 2.75) is 26.4 Å². The van der Waals surface area contributed by atoms with Crippen molar-refractivity contribution in [3.8, 4) is 22.2 Å². The predicted molar refractivity (Wildman–Crippen MR) is 110 cm³/mol. The largest absolute Gasteiger partial charge is 0.481 e. The highest BCUT2D eigenvalue weighted by Gasteiger charge is 2.14. The number of aryl methyl sites for hydroxylation is 1. The molecule has 0 radical (unpaired) electrons. The second-order valence-corrected chi connectivity index (χ2v) is 7.08. The van der Waals surface area contributed by atoms with Crippen LogP contribution in [0.3, 0.4) is 0 Å². The molecule has 2 heterocycles. The Hall–Kier alpha value is -2.93.